The molecule has 5 heteroatoms. The summed E-state index contributed by atoms with van der Waals surface area (Å²) in [5.41, 5.74) is 5.61. The van der Waals surface area contributed by atoms with Crippen molar-refractivity contribution in [3.05, 3.63) is 88.8 Å². The number of halogens is 1. The molecule has 2 heterocycles. The van der Waals surface area contributed by atoms with E-state index in [2.05, 4.69) is 46.1 Å². The molecular weight excluding hydrogens is 372 g/mol. The van der Waals surface area contributed by atoms with Gasteiger partial charge >= 0.3 is 5.97 Å². The average molecular weight is 391 g/mol. The molecule has 0 bridgehead atoms. The highest BCUT2D eigenvalue weighted by atomic mass is 35.5. The van der Waals surface area contributed by atoms with Crippen molar-refractivity contribution in [2.24, 2.45) is 7.05 Å². The van der Waals surface area contributed by atoms with Crippen LogP contribution in [0.15, 0.2) is 67.0 Å². The van der Waals surface area contributed by atoms with Crippen molar-refractivity contribution in [3.8, 4) is 11.1 Å². The summed E-state index contributed by atoms with van der Waals surface area (Å²) in [7, 11) is 3.40. The van der Waals surface area contributed by atoms with E-state index in [1.54, 1.807) is 12.3 Å². The first-order valence-corrected chi connectivity index (χ1v) is 9.30. The quantitative estimate of drug-likeness (QED) is 0.446. The highest BCUT2D eigenvalue weighted by molar-refractivity contribution is 6.30. The number of aryl methyl sites for hydroxylation is 1. The van der Waals surface area contributed by atoms with E-state index in [0.29, 0.717) is 22.7 Å². The number of nitrogens with zero attached hydrogens (tertiary/aromatic N) is 2. The fourth-order valence-corrected chi connectivity index (χ4v) is 3.64. The maximum absolute atomic E-state index is 12.1. The van der Waals surface area contributed by atoms with Crippen LogP contribution in [0.25, 0.3) is 22.0 Å². The van der Waals surface area contributed by atoms with Gasteiger partial charge < -0.3 is 9.30 Å². The lowest BCUT2D eigenvalue weighted by Gasteiger charge is -2.08. The molecule has 0 spiro atoms. The minimum absolute atomic E-state index is 0.395. The fourth-order valence-electron chi connectivity index (χ4n) is 3.49. The Hall–Kier alpha value is -3.11. The molecule has 28 heavy (non-hydrogen) atoms. The summed E-state index contributed by atoms with van der Waals surface area (Å²) in [5, 5.41) is 1.58. The maximum atomic E-state index is 12.1. The van der Waals surface area contributed by atoms with Gasteiger partial charge in [0.1, 0.15) is 0 Å². The first-order valence-electron chi connectivity index (χ1n) is 8.93. The van der Waals surface area contributed by atoms with Crippen LogP contribution in [0.1, 0.15) is 21.6 Å². The molecule has 0 aliphatic carbocycles. The van der Waals surface area contributed by atoms with Crippen molar-refractivity contribution in [2.45, 2.75) is 6.42 Å². The van der Waals surface area contributed by atoms with Gasteiger partial charge in [0.05, 0.1) is 23.4 Å². The molecule has 4 nitrogen and oxygen atoms in total. The Morgan fingerprint density at radius 2 is 1.93 bits per heavy atom. The smallest absolute Gasteiger partial charge is 0.339 e. The number of benzene rings is 2. The van der Waals surface area contributed by atoms with Crippen LogP contribution >= 0.6 is 11.6 Å². The highest BCUT2D eigenvalue weighted by Crippen LogP contribution is 2.31. The zero-order valence-electron chi connectivity index (χ0n) is 15.6. The average Bonchev–Trinajstić information content (AvgIpc) is 3.05. The van der Waals surface area contributed by atoms with Crippen molar-refractivity contribution in [2.75, 3.05) is 7.11 Å². The lowest BCUT2D eigenvalue weighted by Crippen LogP contribution is -2.08. The highest BCUT2D eigenvalue weighted by Gasteiger charge is 2.16. The molecule has 0 aliphatic rings. The third-order valence-corrected chi connectivity index (χ3v) is 5.06. The van der Waals surface area contributed by atoms with E-state index in [1.807, 2.05) is 25.2 Å². The van der Waals surface area contributed by atoms with Crippen LogP contribution in [0.3, 0.4) is 0 Å². The predicted octanol–water partition coefficient (Wildman–Crippen LogP) is 5.27. The molecule has 2 aromatic carbocycles. The second-order valence-electron chi connectivity index (χ2n) is 6.69. The zero-order valence-corrected chi connectivity index (χ0v) is 16.4. The van der Waals surface area contributed by atoms with Crippen molar-refractivity contribution in [1.82, 2.24) is 9.55 Å². The number of hydrogen-bond acceptors (Lipinski definition) is 3. The van der Waals surface area contributed by atoms with E-state index in [9.17, 15) is 4.79 Å². The van der Waals surface area contributed by atoms with E-state index in [4.69, 9.17) is 16.3 Å². The molecule has 4 aromatic rings. The summed E-state index contributed by atoms with van der Waals surface area (Å²) in [6.07, 6.45) is 4.21. The molecular formula is C23H19ClN2O2. The summed E-state index contributed by atoms with van der Waals surface area (Å²) in [6, 6.07) is 18.2. The summed E-state index contributed by atoms with van der Waals surface area (Å²) < 4.78 is 7.01. The Balaban J connectivity index is 1.78. The lowest BCUT2D eigenvalue weighted by atomic mass is 10.00. The Morgan fingerprint density at radius 3 is 2.68 bits per heavy atom. The zero-order chi connectivity index (χ0) is 19.7. The van der Waals surface area contributed by atoms with E-state index >= 15 is 0 Å². The standard InChI is InChI=1S/C23H19ClN2O2/c1-26-14-20(16-6-4-3-5-7-16)18-10-15(8-9-22(18)26)11-21-19(23(27)28-2)12-17(24)13-25-21/h3-10,12-14H,11H2,1-2H3. The summed E-state index contributed by atoms with van der Waals surface area (Å²) >= 11 is 6.02. The minimum atomic E-state index is -0.434. The Morgan fingerprint density at radius 1 is 1.14 bits per heavy atom. The van der Waals surface area contributed by atoms with Gasteiger partial charge in [-0.3, -0.25) is 4.98 Å². The first-order chi connectivity index (χ1) is 13.6. The van der Waals surface area contributed by atoms with Crippen LogP contribution in [-0.2, 0) is 18.2 Å². The Kier molecular flexibility index (Phi) is 4.88. The number of pyridine rings is 1. The van der Waals surface area contributed by atoms with Gasteiger partial charge in [0, 0.05) is 42.3 Å². The number of aromatic nitrogens is 2. The van der Waals surface area contributed by atoms with Crippen molar-refractivity contribution in [3.63, 3.8) is 0 Å². The van der Waals surface area contributed by atoms with Crippen molar-refractivity contribution >= 4 is 28.5 Å². The van der Waals surface area contributed by atoms with Crippen LogP contribution in [-0.4, -0.2) is 22.6 Å². The first kappa shape index (κ1) is 18.3. The van der Waals surface area contributed by atoms with Crippen LogP contribution in [0, 0.1) is 0 Å². The topological polar surface area (TPSA) is 44.1 Å². The number of carbonyl (C=O) groups excluding carboxylic acids is 1. The molecule has 0 atom stereocenters. The molecule has 0 radical (unpaired) electrons. The molecule has 0 amide bonds. The van der Waals surface area contributed by atoms with Crippen LogP contribution < -0.4 is 0 Å². The molecule has 0 N–H and O–H groups in total. The van der Waals surface area contributed by atoms with Gasteiger partial charge in [-0.2, -0.15) is 0 Å². The van der Waals surface area contributed by atoms with E-state index in [-0.39, 0.29) is 0 Å². The van der Waals surface area contributed by atoms with Gasteiger partial charge in [0.15, 0.2) is 0 Å². The summed E-state index contributed by atoms with van der Waals surface area (Å²) in [4.78, 5) is 16.5. The normalized spacial score (nSPS) is 11.0. The van der Waals surface area contributed by atoms with Gasteiger partial charge in [-0.15, -0.1) is 0 Å². The minimum Gasteiger partial charge on any atom is -0.465 e. The number of esters is 1. The number of hydrogen-bond donors (Lipinski definition) is 0. The van der Waals surface area contributed by atoms with Gasteiger partial charge in [0.2, 0.25) is 0 Å². The van der Waals surface area contributed by atoms with Crippen LogP contribution in [0.5, 0.6) is 0 Å². The molecule has 0 aliphatic heterocycles. The van der Waals surface area contributed by atoms with E-state index in [1.165, 1.54) is 23.6 Å². The van der Waals surface area contributed by atoms with Crippen LogP contribution in [0.4, 0.5) is 0 Å². The molecule has 140 valence electrons. The lowest BCUT2D eigenvalue weighted by molar-refractivity contribution is 0.0599. The van der Waals surface area contributed by atoms with Gasteiger partial charge in [-0.1, -0.05) is 48.0 Å². The molecule has 4 rings (SSSR count). The molecule has 0 saturated carbocycles. The van der Waals surface area contributed by atoms with E-state index in [0.717, 1.165) is 11.1 Å². The van der Waals surface area contributed by atoms with E-state index < -0.39 is 5.97 Å². The predicted molar refractivity (Wildman–Crippen MR) is 112 cm³/mol. The van der Waals surface area contributed by atoms with Crippen LogP contribution in [0.2, 0.25) is 5.02 Å². The molecule has 0 saturated heterocycles. The van der Waals surface area contributed by atoms with Crippen molar-refractivity contribution in [1.29, 1.82) is 0 Å². The Labute approximate surface area is 168 Å². The second kappa shape index (κ2) is 7.49. The number of methoxy groups -OCH3 is 1. The Bertz CT molecular complexity index is 1170. The van der Waals surface area contributed by atoms with Gasteiger partial charge in [0.25, 0.3) is 0 Å². The molecule has 0 fully saturated rings. The van der Waals surface area contributed by atoms with Gasteiger partial charge in [-0.05, 0) is 29.3 Å². The summed E-state index contributed by atoms with van der Waals surface area (Å²) in [5.74, 6) is -0.434. The largest absolute Gasteiger partial charge is 0.465 e. The number of fused-ring (bicyclic) bond motifs is 1. The third-order valence-electron chi connectivity index (χ3n) is 4.85. The number of ether oxygens (including phenoxy) is 1. The maximum Gasteiger partial charge on any atom is 0.339 e. The van der Waals surface area contributed by atoms with Gasteiger partial charge in [-0.25, -0.2) is 4.79 Å². The monoisotopic (exact) mass is 390 g/mol. The molecule has 2 aromatic heterocycles. The number of carbonyl (C=O) groups is 1. The second-order valence-corrected chi connectivity index (χ2v) is 7.12. The summed E-state index contributed by atoms with van der Waals surface area (Å²) in [6.45, 7) is 0. The number of rotatable bonds is 4. The SMILES string of the molecule is COC(=O)c1cc(Cl)cnc1Cc1ccc2c(c1)c(-c1ccccc1)cn2C. The third kappa shape index (κ3) is 3.39. The fraction of sp³-hybridized carbons (Fsp3) is 0.130. The molecule has 0 unspecified atom stereocenters. The van der Waals surface area contributed by atoms with Crippen molar-refractivity contribution < 1.29 is 9.53 Å².